The van der Waals surface area contributed by atoms with Crippen LogP contribution in [0.25, 0.3) is 176 Å². The van der Waals surface area contributed by atoms with Gasteiger partial charge in [0.1, 0.15) is 0 Å². The number of hydrogen-bond acceptors (Lipinski definition) is 0. The van der Waals surface area contributed by atoms with E-state index in [-0.39, 0.29) is 21.7 Å². The van der Waals surface area contributed by atoms with E-state index in [4.69, 9.17) is 0 Å². The second-order valence-electron chi connectivity index (χ2n) is 31.1. The Morgan fingerprint density at radius 1 is 0.170 bits per heavy atom. The summed E-state index contributed by atoms with van der Waals surface area (Å²) in [6.45, 7) is 28.5. The van der Waals surface area contributed by atoms with Crippen molar-refractivity contribution < 1.29 is 0 Å². The lowest BCUT2D eigenvalue weighted by atomic mass is 9.75. The summed E-state index contributed by atoms with van der Waals surface area (Å²) in [4.78, 5) is 0. The molecular weight excluding hydrogens is 1130 g/mol. The summed E-state index contributed by atoms with van der Waals surface area (Å²) in [5.74, 6) is 0. The molecule has 0 heterocycles. The van der Waals surface area contributed by atoms with E-state index < -0.39 is 0 Å². The fraction of sp³-hybridized carbons (Fsp3) is 0.170. The molecule has 0 saturated heterocycles. The highest BCUT2D eigenvalue weighted by molar-refractivity contribution is 6.37. The first-order chi connectivity index (χ1) is 45.2. The van der Waals surface area contributed by atoms with Crippen LogP contribution in [0.1, 0.15) is 105 Å². The Bertz CT molecular complexity index is 5310. The molecule has 0 spiro atoms. The third-order valence-corrected chi connectivity index (χ3v) is 21.1. The minimum atomic E-state index is -0.0891. The van der Waals surface area contributed by atoms with E-state index in [1.807, 2.05) is 0 Å². The first kappa shape index (κ1) is 57.7. The number of rotatable bonds is 6. The quantitative estimate of drug-likeness (QED) is 0.146. The summed E-state index contributed by atoms with van der Waals surface area (Å²) in [5, 5.41) is 15.2. The molecule has 17 rings (SSSR count). The van der Waals surface area contributed by atoms with Crippen LogP contribution in [0.15, 0.2) is 255 Å². The molecule has 0 radical (unpaired) electrons. The molecule has 0 N–H and O–H groups in total. The van der Waals surface area contributed by atoms with E-state index >= 15 is 0 Å². The predicted molar refractivity (Wildman–Crippen MR) is 408 cm³/mol. The first-order valence-corrected chi connectivity index (χ1v) is 33.9. The minimum absolute atomic E-state index is 0.0891. The second-order valence-corrected chi connectivity index (χ2v) is 31.1. The third-order valence-electron chi connectivity index (χ3n) is 21.1. The molecule has 15 aromatic rings. The van der Waals surface area contributed by atoms with Crippen LogP contribution in [0.3, 0.4) is 0 Å². The summed E-state index contributed by atoms with van der Waals surface area (Å²) in [5.41, 5.74) is 30.6. The van der Waals surface area contributed by atoms with Crippen molar-refractivity contribution >= 4 is 64.6 Å². The molecule has 0 saturated carbocycles. The summed E-state index contributed by atoms with van der Waals surface area (Å²) in [6, 6.07) is 98.7. The highest BCUT2D eigenvalue weighted by atomic mass is 14.4. The molecule has 0 aromatic heterocycles. The van der Waals surface area contributed by atoms with E-state index in [9.17, 15) is 0 Å². The molecule has 0 fully saturated rings. The summed E-state index contributed by atoms with van der Waals surface area (Å²) < 4.78 is 0. The van der Waals surface area contributed by atoms with Crippen molar-refractivity contribution in [3.8, 4) is 111 Å². The molecule has 0 bridgehead atoms. The van der Waals surface area contributed by atoms with E-state index in [0.717, 1.165) is 0 Å². The van der Waals surface area contributed by atoms with Crippen LogP contribution in [0, 0.1) is 0 Å². The van der Waals surface area contributed by atoms with Crippen molar-refractivity contribution in [2.45, 2.75) is 105 Å². The Morgan fingerprint density at radius 3 is 0.745 bits per heavy atom. The van der Waals surface area contributed by atoms with E-state index in [0.29, 0.717) is 0 Å². The van der Waals surface area contributed by atoms with E-state index in [1.165, 1.54) is 198 Å². The zero-order valence-corrected chi connectivity index (χ0v) is 56.2. The average Bonchev–Trinajstić information content (AvgIpc) is 1.49. The number of fused-ring (bicyclic) bond motifs is 11. The molecule has 0 aliphatic heterocycles. The largest absolute Gasteiger partial charge is 0.0622 e. The van der Waals surface area contributed by atoms with Gasteiger partial charge in [-0.25, -0.2) is 0 Å². The average molecular weight is 1210 g/mol. The maximum absolute atomic E-state index is 2.55. The maximum Gasteiger partial charge on any atom is -0.000718 e. The fourth-order valence-electron chi connectivity index (χ4n) is 16.2. The Hall–Kier alpha value is -10.1. The monoisotopic (exact) mass is 1210 g/mol. The van der Waals surface area contributed by atoms with Gasteiger partial charge >= 0.3 is 0 Å². The van der Waals surface area contributed by atoms with Crippen LogP contribution in [0.2, 0.25) is 0 Å². The Kier molecular flexibility index (Phi) is 12.7. The molecule has 454 valence electrons. The standard InChI is InChI=1S/C94H78/c1-91(2,3)61-47-59(48-62(53-61)92(4,5)6)81-71-37-25-26-38-72(71)82(60-49-63(93(7,8)9)54-64(50-60)94(10,11)12)88-76-44-46-78-86-77(45-43-75(85(76)86)87(81)88)89-83(73-41-39-65(55-27-15-13-16-28-55)67-33-21-23-35-69(67)73)79-51-57-31-19-20-32-58(57)52-80(79)84(90(78)89)74-42-40-66(56-29-17-14-18-30-56)68-34-22-24-36-70(68)74/h13-54H,1-12H3. The van der Waals surface area contributed by atoms with Crippen LogP contribution >= 0.6 is 0 Å². The molecular formula is C94H78. The molecule has 0 unspecified atom stereocenters. The number of benzene rings is 15. The Labute approximate surface area is 554 Å². The zero-order chi connectivity index (χ0) is 64.5. The van der Waals surface area contributed by atoms with Crippen molar-refractivity contribution in [1.82, 2.24) is 0 Å². The van der Waals surface area contributed by atoms with Gasteiger partial charge in [0.05, 0.1) is 0 Å². The highest BCUT2D eigenvalue weighted by Crippen LogP contribution is 2.66. The topological polar surface area (TPSA) is 0 Å². The first-order valence-electron chi connectivity index (χ1n) is 33.9. The van der Waals surface area contributed by atoms with Crippen molar-refractivity contribution in [3.05, 3.63) is 277 Å². The lowest BCUT2D eigenvalue weighted by molar-refractivity contribution is 0.568. The summed E-state index contributed by atoms with van der Waals surface area (Å²) >= 11 is 0. The highest BCUT2D eigenvalue weighted by Gasteiger charge is 2.39. The molecule has 0 amide bonds. The lowest BCUT2D eigenvalue weighted by Crippen LogP contribution is -2.17. The van der Waals surface area contributed by atoms with Gasteiger partial charge in [0.2, 0.25) is 0 Å². The molecule has 0 atom stereocenters. The van der Waals surface area contributed by atoms with Gasteiger partial charge in [-0.15, -0.1) is 0 Å². The third kappa shape index (κ3) is 8.85. The van der Waals surface area contributed by atoms with Crippen molar-refractivity contribution in [2.75, 3.05) is 0 Å². The van der Waals surface area contributed by atoms with Gasteiger partial charge in [0.25, 0.3) is 0 Å². The number of hydrogen-bond donors (Lipinski definition) is 0. The maximum atomic E-state index is 2.55. The summed E-state index contributed by atoms with van der Waals surface area (Å²) in [6.07, 6.45) is 0. The van der Waals surface area contributed by atoms with Crippen LogP contribution in [-0.2, 0) is 21.7 Å². The smallest absolute Gasteiger partial charge is 0.000718 e. The minimum Gasteiger partial charge on any atom is -0.0622 e. The summed E-state index contributed by atoms with van der Waals surface area (Å²) in [7, 11) is 0. The van der Waals surface area contributed by atoms with Gasteiger partial charge in [0.15, 0.2) is 0 Å². The van der Waals surface area contributed by atoms with Crippen LogP contribution < -0.4 is 0 Å². The van der Waals surface area contributed by atoms with Gasteiger partial charge in [-0.05, 0) is 232 Å². The molecule has 0 heteroatoms. The molecule has 0 nitrogen and oxygen atoms in total. The molecule has 2 aliphatic rings. The SMILES string of the molecule is CC(C)(C)c1cc(-c2c3c(c(-c4cc(C(C)(C)C)cc(C(C)(C)C)c4)c4ccccc24)-c2ccc4c5c(ccc-3c25)-c2c-4c(-c3ccc(-c4ccccc4)c4ccccc34)c3cc4ccccc4cc3c2-c2ccc(-c3ccccc3)c3ccccc23)cc(C(C)(C)C)c1. The van der Waals surface area contributed by atoms with Gasteiger partial charge in [0, 0.05) is 0 Å². The zero-order valence-electron chi connectivity index (χ0n) is 56.2. The normalized spacial score (nSPS) is 12.9. The van der Waals surface area contributed by atoms with Gasteiger partial charge in [-0.1, -0.05) is 326 Å². The Morgan fingerprint density at radius 2 is 0.426 bits per heavy atom. The van der Waals surface area contributed by atoms with Crippen LogP contribution in [0.4, 0.5) is 0 Å². The van der Waals surface area contributed by atoms with E-state index in [1.54, 1.807) is 0 Å². The van der Waals surface area contributed by atoms with Crippen molar-refractivity contribution in [2.24, 2.45) is 0 Å². The molecule has 2 aliphatic carbocycles. The fourth-order valence-corrected chi connectivity index (χ4v) is 16.2. The molecule has 15 aromatic carbocycles. The van der Waals surface area contributed by atoms with E-state index in [2.05, 4.69) is 338 Å². The van der Waals surface area contributed by atoms with Crippen molar-refractivity contribution in [1.29, 1.82) is 0 Å². The van der Waals surface area contributed by atoms with Crippen LogP contribution in [0.5, 0.6) is 0 Å². The Balaban J connectivity index is 1.06. The lowest BCUT2D eigenvalue weighted by Gasteiger charge is -2.29. The van der Waals surface area contributed by atoms with Gasteiger partial charge in [-0.2, -0.15) is 0 Å². The van der Waals surface area contributed by atoms with Gasteiger partial charge < -0.3 is 0 Å². The van der Waals surface area contributed by atoms with Crippen LogP contribution in [-0.4, -0.2) is 0 Å². The predicted octanol–water partition coefficient (Wildman–Crippen LogP) is 27.1. The van der Waals surface area contributed by atoms with Crippen molar-refractivity contribution in [3.63, 3.8) is 0 Å². The second kappa shape index (κ2) is 20.7. The molecule has 94 heavy (non-hydrogen) atoms. The van der Waals surface area contributed by atoms with Gasteiger partial charge in [-0.3, -0.25) is 0 Å².